The molecule has 0 radical (unpaired) electrons. The molecule has 0 saturated carbocycles. The smallest absolute Gasteiger partial charge is 0.255 e. The Bertz CT molecular complexity index is 621. The predicted molar refractivity (Wildman–Crippen MR) is 79.9 cm³/mol. The van der Waals surface area contributed by atoms with E-state index >= 15 is 0 Å². The average Bonchev–Trinajstić information content (AvgIpc) is 2.43. The summed E-state index contributed by atoms with van der Waals surface area (Å²) in [5.41, 5.74) is 2.59. The largest absolute Gasteiger partial charge is 0.378 e. The molecule has 0 aromatic heterocycles. The highest BCUT2D eigenvalue weighted by Crippen LogP contribution is 2.18. The fourth-order valence-electron chi connectivity index (χ4n) is 1.84. The van der Waals surface area contributed by atoms with Gasteiger partial charge in [-0.3, -0.25) is 4.79 Å². The number of anilines is 2. The Kier molecular flexibility index (Phi) is 4.03. The third kappa shape index (κ3) is 3.15. The van der Waals surface area contributed by atoms with Crippen molar-refractivity contribution in [3.8, 4) is 0 Å². The molecule has 0 aliphatic carbocycles. The summed E-state index contributed by atoms with van der Waals surface area (Å²) in [6.07, 6.45) is 0. The van der Waals surface area contributed by atoms with E-state index in [1.54, 1.807) is 24.3 Å². The first-order valence-corrected chi connectivity index (χ1v) is 6.32. The second kappa shape index (κ2) is 5.74. The zero-order valence-corrected chi connectivity index (χ0v) is 11.8. The maximum Gasteiger partial charge on any atom is 0.255 e. The van der Waals surface area contributed by atoms with Crippen molar-refractivity contribution < 1.29 is 9.18 Å². The number of rotatable bonds is 3. The van der Waals surface area contributed by atoms with Gasteiger partial charge in [0.05, 0.1) is 5.69 Å². The molecule has 0 aliphatic heterocycles. The van der Waals surface area contributed by atoms with Gasteiger partial charge in [-0.05, 0) is 48.9 Å². The van der Waals surface area contributed by atoms with Crippen molar-refractivity contribution in [3.05, 3.63) is 59.4 Å². The van der Waals surface area contributed by atoms with Gasteiger partial charge in [-0.15, -0.1) is 0 Å². The number of benzene rings is 2. The van der Waals surface area contributed by atoms with Crippen LogP contribution in [0.1, 0.15) is 15.9 Å². The van der Waals surface area contributed by atoms with Crippen LogP contribution in [-0.2, 0) is 0 Å². The van der Waals surface area contributed by atoms with Crippen LogP contribution in [0.5, 0.6) is 0 Å². The molecule has 2 rings (SSSR count). The van der Waals surface area contributed by atoms with Crippen molar-refractivity contribution >= 4 is 17.3 Å². The summed E-state index contributed by atoms with van der Waals surface area (Å²) in [4.78, 5) is 14.0. The molecule has 1 amide bonds. The Hall–Kier alpha value is -2.36. The number of carbonyl (C=O) groups excluding carboxylic acids is 1. The van der Waals surface area contributed by atoms with E-state index in [2.05, 4.69) is 5.32 Å². The van der Waals surface area contributed by atoms with Crippen molar-refractivity contribution in [1.29, 1.82) is 0 Å². The lowest BCUT2D eigenvalue weighted by atomic mass is 10.1. The molecule has 0 aliphatic rings. The van der Waals surface area contributed by atoms with Gasteiger partial charge in [0.15, 0.2) is 0 Å². The van der Waals surface area contributed by atoms with Crippen molar-refractivity contribution in [2.45, 2.75) is 6.92 Å². The first-order valence-electron chi connectivity index (χ1n) is 6.32. The van der Waals surface area contributed by atoms with Gasteiger partial charge in [-0.25, -0.2) is 4.39 Å². The highest BCUT2D eigenvalue weighted by molar-refractivity contribution is 6.04. The van der Waals surface area contributed by atoms with Crippen LogP contribution in [0, 0.1) is 12.7 Å². The van der Waals surface area contributed by atoms with Gasteiger partial charge < -0.3 is 10.2 Å². The number of hydrogen-bond donors (Lipinski definition) is 1. The first kappa shape index (κ1) is 14.1. The minimum Gasteiger partial charge on any atom is -0.378 e. The van der Waals surface area contributed by atoms with Crippen molar-refractivity contribution in [1.82, 2.24) is 0 Å². The molecule has 3 nitrogen and oxygen atoms in total. The molecule has 0 fully saturated rings. The Morgan fingerprint density at radius 1 is 1.10 bits per heavy atom. The molecule has 20 heavy (non-hydrogen) atoms. The number of aryl methyl sites for hydroxylation is 1. The molecule has 0 unspecified atom stereocenters. The van der Waals surface area contributed by atoms with E-state index in [4.69, 9.17) is 0 Å². The van der Waals surface area contributed by atoms with Crippen LogP contribution in [-0.4, -0.2) is 20.0 Å². The topological polar surface area (TPSA) is 32.3 Å². The lowest BCUT2D eigenvalue weighted by molar-refractivity contribution is 0.102. The Morgan fingerprint density at radius 2 is 1.75 bits per heavy atom. The molecule has 0 spiro atoms. The van der Waals surface area contributed by atoms with Crippen LogP contribution in [0.15, 0.2) is 42.5 Å². The summed E-state index contributed by atoms with van der Waals surface area (Å²) in [5, 5.41) is 2.59. The summed E-state index contributed by atoms with van der Waals surface area (Å²) in [5.74, 6) is -0.756. The Morgan fingerprint density at radius 3 is 2.35 bits per heavy atom. The highest BCUT2D eigenvalue weighted by atomic mass is 19.1. The van der Waals surface area contributed by atoms with E-state index in [0.29, 0.717) is 5.56 Å². The summed E-state index contributed by atoms with van der Waals surface area (Å²) < 4.78 is 13.6. The van der Waals surface area contributed by atoms with Crippen molar-refractivity contribution in [2.75, 3.05) is 24.3 Å². The zero-order chi connectivity index (χ0) is 14.7. The van der Waals surface area contributed by atoms with Gasteiger partial charge in [0.1, 0.15) is 5.82 Å². The van der Waals surface area contributed by atoms with Crippen LogP contribution in [0.3, 0.4) is 0 Å². The van der Waals surface area contributed by atoms with Gasteiger partial charge in [0.25, 0.3) is 5.91 Å². The molecule has 0 saturated heterocycles. The van der Waals surface area contributed by atoms with E-state index < -0.39 is 5.82 Å². The van der Waals surface area contributed by atoms with Crippen LogP contribution >= 0.6 is 0 Å². The molecule has 2 aromatic carbocycles. The standard InChI is InChI=1S/C16H17FN2O/c1-11-4-9-14(17)15(10-11)18-16(20)12-5-7-13(8-6-12)19(2)3/h4-10H,1-3H3,(H,18,20). The van der Waals surface area contributed by atoms with E-state index in [1.165, 1.54) is 6.07 Å². The van der Waals surface area contributed by atoms with Crippen molar-refractivity contribution in [3.63, 3.8) is 0 Å². The number of halogens is 1. The molecule has 0 atom stereocenters. The molecule has 0 bridgehead atoms. The van der Waals surface area contributed by atoms with Gasteiger partial charge in [-0.1, -0.05) is 6.07 Å². The van der Waals surface area contributed by atoms with E-state index in [-0.39, 0.29) is 11.6 Å². The second-order valence-electron chi connectivity index (χ2n) is 4.88. The predicted octanol–water partition coefficient (Wildman–Crippen LogP) is 3.45. The normalized spacial score (nSPS) is 10.2. The Labute approximate surface area is 118 Å². The van der Waals surface area contributed by atoms with Crippen molar-refractivity contribution in [2.24, 2.45) is 0 Å². The number of amides is 1. The minimum absolute atomic E-state index is 0.201. The lowest BCUT2D eigenvalue weighted by Crippen LogP contribution is -2.14. The third-order valence-corrected chi connectivity index (χ3v) is 3.02. The number of hydrogen-bond acceptors (Lipinski definition) is 2. The van der Waals surface area contributed by atoms with Gasteiger partial charge >= 0.3 is 0 Å². The molecule has 104 valence electrons. The SMILES string of the molecule is Cc1ccc(F)c(NC(=O)c2ccc(N(C)C)cc2)c1. The summed E-state index contributed by atoms with van der Waals surface area (Å²) >= 11 is 0. The Balaban J connectivity index is 2.17. The third-order valence-electron chi connectivity index (χ3n) is 3.02. The van der Waals surface area contributed by atoms with Gasteiger partial charge in [0, 0.05) is 25.3 Å². The maximum absolute atomic E-state index is 13.6. The summed E-state index contributed by atoms with van der Waals surface area (Å²) in [6.45, 7) is 1.85. The molecule has 4 heteroatoms. The van der Waals surface area contributed by atoms with Crippen LogP contribution in [0.4, 0.5) is 15.8 Å². The maximum atomic E-state index is 13.6. The quantitative estimate of drug-likeness (QED) is 0.928. The van der Waals surface area contributed by atoms with E-state index in [1.807, 2.05) is 38.1 Å². The molecule has 2 aromatic rings. The second-order valence-corrected chi connectivity index (χ2v) is 4.88. The lowest BCUT2D eigenvalue weighted by Gasteiger charge is -2.13. The van der Waals surface area contributed by atoms with Gasteiger partial charge in [0.2, 0.25) is 0 Å². The first-order chi connectivity index (χ1) is 9.47. The van der Waals surface area contributed by atoms with Crippen LogP contribution < -0.4 is 10.2 Å². The van der Waals surface area contributed by atoms with E-state index in [0.717, 1.165) is 11.3 Å². The fourth-order valence-corrected chi connectivity index (χ4v) is 1.84. The molecule has 1 N–H and O–H groups in total. The molecular weight excluding hydrogens is 255 g/mol. The molecule has 0 heterocycles. The zero-order valence-electron chi connectivity index (χ0n) is 11.8. The summed E-state index contributed by atoms with van der Waals surface area (Å²) in [7, 11) is 3.86. The highest BCUT2D eigenvalue weighted by Gasteiger charge is 2.09. The average molecular weight is 272 g/mol. The number of carbonyl (C=O) groups is 1. The minimum atomic E-state index is -0.436. The number of nitrogens with zero attached hydrogens (tertiary/aromatic N) is 1. The monoisotopic (exact) mass is 272 g/mol. The fraction of sp³-hybridized carbons (Fsp3) is 0.188. The van der Waals surface area contributed by atoms with E-state index in [9.17, 15) is 9.18 Å². The molecular formula is C16H17FN2O. The number of nitrogens with one attached hydrogen (secondary N) is 1. The van der Waals surface area contributed by atoms with Gasteiger partial charge in [-0.2, -0.15) is 0 Å². The van der Waals surface area contributed by atoms with Crippen LogP contribution in [0.25, 0.3) is 0 Å². The summed E-state index contributed by atoms with van der Waals surface area (Å²) in [6, 6.07) is 11.8. The van der Waals surface area contributed by atoms with Crippen LogP contribution in [0.2, 0.25) is 0 Å².